The number of nitrogens with one attached hydrogen (secondary N) is 1. The van der Waals surface area contributed by atoms with Crippen molar-refractivity contribution < 1.29 is 9.18 Å². The zero-order valence-electron chi connectivity index (χ0n) is 9.66. The van der Waals surface area contributed by atoms with E-state index in [-0.39, 0.29) is 18.3 Å². The van der Waals surface area contributed by atoms with E-state index in [1.54, 1.807) is 17.0 Å². The molecular formula is C12H17FN2O. The Morgan fingerprint density at radius 1 is 1.25 bits per heavy atom. The molecule has 88 valence electrons. The minimum absolute atomic E-state index is 0.0503. The van der Waals surface area contributed by atoms with Gasteiger partial charge >= 0.3 is 0 Å². The second-order valence-electron chi connectivity index (χ2n) is 3.43. The standard InChI is InChI=1S/C12H17FN2O/c1-3-15(4-2)12(16)9-14-11-7-5-10(13)6-8-11/h5-8,14H,3-4,9H2,1-2H3. The summed E-state index contributed by atoms with van der Waals surface area (Å²) in [4.78, 5) is 13.4. The van der Waals surface area contributed by atoms with Gasteiger partial charge in [-0.3, -0.25) is 4.79 Å². The molecule has 0 aromatic heterocycles. The molecule has 0 aliphatic heterocycles. The molecule has 0 unspecified atom stereocenters. The SMILES string of the molecule is CCN(CC)C(=O)CNc1ccc(F)cc1. The molecule has 0 spiro atoms. The van der Waals surface area contributed by atoms with E-state index in [0.717, 1.165) is 5.69 Å². The van der Waals surface area contributed by atoms with Gasteiger partial charge in [-0.2, -0.15) is 0 Å². The van der Waals surface area contributed by atoms with Crippen LogP contribution in [0.15, 0.2) is 24.3 Å². The van der Waals surface area contributed by atoms with Crippen molar-refractivity contribution in [1.29, 1.82) is 0 Å². The zero-order valence-corrected chi connectivity index (χ0v) is 9.66. The molecule has 1 aromatic carbocycles. The highest BCUT2D eigenvalue weighted by Crippen LogP contribution is 2.07. The van der Waals surface area contributed by atoms with Gasteiger partial charge in [0.15, 0.2) is 0 Å². The van der Waals surface area contributed by atoms with Gasteiger partial charge in [0.05, 0.1) is 6.54 Å². The van der Waals surface area contributed by atoms with Crippen LogP contribution in [0.2, 0.25) is 0 Å². The van der Waals surface area contributed by atoms with Crippen LogP contribution in [0.5, 0.6) is 0 Å². The molecule has 0 aliphatic rings. The molecule has 0 fully saturated rings. The number of anilines is 1. The Labute approximate surface area is 95.3 Å². The van der Waals surface area contributed by atoms with Crippen LogP contribution in [0.1, 0.15) is 13.8 Å². The van der Waals surface area contributed by atoms with Crippen molar-refractivity contribution >= 4 is 11.6 Å². The van der Waals surface area contributed by atoms with E-state index >= 15 is 0 Å². The Hall–Kier alpha value is -1.58. The van der Waals surface area contributed by atoms with E-state index in [1.165, 1.54) is 12.1 Å². The molecule has 16 heavy (non-hydrogen) atoms. The van der Waals surface area contributed by atoms with Crippen molar-refractivity contribution in [2.75, 3.05) is 25.0 Å². The molecule has 0 radical (unpaired) electrons. The number of hydrogen-bond donors (Lipinski definition) is 1. The van der Waals surface area contributed by atoms with E-state index in [1.807, 2.05) is 13.8 Å². The normalized spacial score (nSPS) is 9.94. The predicted molar refractivity (Wildman–Crippen MR) is 62.8 cm³/mol. The topological polar surface area (TPSA) is 32.3 Å². The number of carbonyl (C=O) groups excluding carboxylic acids is 1. The minimum Gasteiger partial charge on any atom is -0.376 e. The first-order chi connectivity index (χ1) is 7.67. The number of halogens is 1. The molecule has 1 rings (SSSR count). The average Bonchev–Trinajstić information content (AvgIpc) is 2.30. The highest BCUT2D eigenvalue weighted by molar-refractivity contribution is 5.80. The Bertz CT molecular complexity index is 333. The van der Waals surface area contributed by atoms with Crippen molar-refractivity contribution in [1.82, 2.24) is 4.90 Å². The van der Waals surface area contributed by atoms with E-state index in [9.17, 15) is 9.18 Å². The van der Waals surface area contributed by atoms with Gasteiger partial charge in [0.1, 0.15) is 5.82 Å². The van der Waals surface area contributed by atoms with Gasteiger partial charge in [-0.25, -0.2) is 4.39 Å². The number of rotatable bonds is 5. The molecule has 0 bridgehead atoms. The van der Waals surface area contributed by atoms with Crippen molar-refractivity contribution in [2.45, 2.75) is 13.8 Å². The Morgan fingerprint density at radius 3 is 2.31 bits per heavy atom. The van der Waals surface area contributed by atoms with Gasteiger partial charge in [-0.15, -0.1) is 0 Å². The molecule has 0 saturated carbocycles. The summed E-state index contributed by atoms with van der Waals surface area (Å²) in [7, 11) is 0. The van der Waals surface area contributed by atoms with Gasteiger partial charge in [-0.1, -0.05) is 0 Å². The molecule has 0 heterocycles. The fraction of sp³-hybridized carbons (Fsp3) is 0.417. The second kappa shape index (κ2) is 6.10. The summed E-state index contributed by atoms with van der Waals surface area (Å²) in [5.41, 5.74) is 0.752. The summed E-state index contributed by atoms with van der Waals surface area (Å²) in [6.45, 7) is 5.55. The van der Waals surface area contributed by atoms with Crippen molar-refractivity contribution in [2.24, 2.45) is 0 Å². The summed E-state index contributed by atoms with van der Waals surface area (Å²) in [6, 6.07) is 5.96. The first-order valence-electron chi connectivity index (χ1n) is 5.44. The number of likely N-dealkylation sites (N-methyl/N-ethyl adjacent to an activating group) is 1. The molecule has 0 saturated heterocycles. The smallest absolute Gasteiger partial charge is 0.241 e. The monoisotopic (exact) mass is 224 g/mol. The number of benzene rings is 1. The molecule has 0 atom stereocenters. The third-order valence-corrected chi connectivity index (χ3v) is 2.40. The largest absolute Gasteiger partial charge is 0.376 e. The second-order valence-corrected chi connectivity index (χ2v) is 3.43. The van der Waals surface area contributed by atoms with Crippen molar-refractivity contribution in [3.8, 4) is 0 Å². The maximum absolute atomic E-state index is 12.6. The Balaban J connectivity index is 2.45. The summed E-state index contributed by atoms with van der Waals surface area (Å²) < 4.78 is 12.6. The van der Waals surface area contributed by atoms with E-state index < -0.39 is 0 Å². The number of nitrogens with zero attached hydrogens (tertiary/aromatic N) is 1. The van der Waals surface area contributed by atoms with Gasteiger partial charge in [0, 0.05) is 18.8 Å². The first kappa shape index (κ1) is 12.5. The summed E-state index contributed by atoms with van der Waals surface area (Å²) in [5, 5.41) is 2.96. The van der Waals surface area contributed by atoms with Crippen LogP contribution in [0.25, 0.3) is 0 Å². The highest BCUT2D eigenvalue weighted by atomic mass is 19.1. The molecule has 3 nitrogen and oxygen atoms in total. The molecule has 4 heteroatoms. The minimum atomic E-state index is -0.277. The summed E-state index contributed by atoms with van der Waals surface area (Å²) in [5.74, 6) is -0.227. The fourth-order valence-corrected chi connectivity index (χ4v) is 1.43. The van der Waals surface area contributed by atoms with Crippen LogP contribution >= 0.6 is 0 Å². The fourth-order valence-electron chi connectivity index (χ4n) is 1.43. The molecular weight excluding hydrogens is 207 g/mol. The van der Waals surface area contributed by atoms with E-state index in [0.29, 0.717) is 13.1 Å². The van der Waals surface area contributed by atoms with Gasteiger partial charge in [-0.05, 0) is 38.1 Å². The third kappa shape index (κ3) is 3.53. The Kier molecular flexibility index (Phi) is 4.76. The number of carbonyl (C=O) groups is 1. The van der Waals surface area contributed by atoms with Crippen LogP contribution < -0.4 is 5.32 Å². The van der Waals surface area contributed by atoms with Gasteiger partial charge < -0.3 is 10.2 Å². The van der Waals surface area contributed by atoms with Crippen LogP contribution in [0, 0.1) is 5.82 Å². The van der Waals surface area contributed by atoms with E-state index in [4.69, 9.17) is 0 Å². The van der Waals surface area contributed by atoms with E-state index in [2.05, 4.69) is 5.32 Å². The lowest BCUT2D eigenvalue weighted by atomic mass is 10.3. The molecule has 0 aliphatic carbocycles. The predicted octanol–water partition coefficient (Wildman–Crippen LogP) is 2.11. The number of hydrogen-bond acceptors (Lipinski definition) is 2. The lowest BCUT2D eigenvalue weighted by molar-refractivity contribution is -0.128. The van der Waals surface area contributed by atoms with Crippen molar-refractivity contribution in [3.63, 3.8) is 0 Å². The Morgan fingerprint density at radius 2 is 1.81 bits per heavy atom. The van der Waals surface area contributed by atoms with Crippen LogP contribution in [-0.4, -0.2) is 30.4 Å². The summed E-state index contributed by atoms with van der Waals surface area (Å²) in [6.07, 6.45) is 0. The third-order valence-electron chi connectivity index (χ3n) is 2.40. The van der Waals surface area contributed by atoms with Crippen molar-refractivity contribution in [3.05, 3.63) is 30.1 Å². The lowest BCUT2D eigenvalue weighted by Crippen LogP contribution is -2.35. The highest BCUT2D eigenvalue weighted by Gasteiger charge is 2.08. The van der Waals surface area contributed by atoms with Gasteiger partial charge in [0.25, 0.3) is 0 Å². The van der Waals surface area contributed by atoms with Crippen LogP contribution in [0.4, 0.5) is 10.1 Å². The lowest BCUT2D eigenvalue weighted by Gasteiger charge is -2.19. The molecule has 1 N–H and O–H groups in total. The van der Waals surface area contributed by atoms with Gasteiger partial charge in [0.2, 0.25) is 5.91 Å². The van der Waals surface area contributed by atoms with Crippen LogP contribution in [-0.2, 0) is 4.79 Å². The number of amides is 1. The average molecular weight is 224 g/mol. The maximum atomic E-state index is 12.6. The maximum Gasteiger partial charge on any atom is 0.241 e. The molecule has 1 aromatic rings. The van der Waals surface area contributed by atoms with Crippen LogP contribution in [0.3, 0.4) is 0 Å². The quantitative estimate of drug-likeness (QED) is 0.830. The zero-order chi connectivity index (χ0) is 12.0. The first-order valence-corrected chi connectivity index (χ1v) is 5.44. The molecule has 1 amide bonds. The summed E-state index contributed by atoms with van der Waals surface area (Å²) >= 11 is 0.